The number of hydrogen-bond donors (Lipinski definition) is 2. The molecule has 0 aliphatic rings. The van der Waals surface area contributed by atoms with E-state index in [4.69, 9.17) is 11.6 Å². The van der Waals surface area contributed by atoms with Gasteiger partial charge in [-0.3, -0.25) is 4.79 Å². The van der Waals surface area contributed by atoms with Gasteiger partial charge in [0.05, 0.1) is 22.4 Å². The number of amides is 2. The molecule has 0 saturated carbocycles. The largest absolute Gasteiger partial charge is 0.465 e. The molecule has 0 unspecified atom stereocenters. The SMILES string of the molecule is CN(C)C(=O)c1cccc(S(=O)(=O)c2ccc(CCN(C[C@@H](O)c3cccc(Cl)c3)C(=O)O)cc2)c1. The van der Waals surface area contributed by atoms with Crippen molar-refractivity contribution >= 4 is 33.4 Å². The molecule has 36 heavy (non-hydrogen) atoms. The molecule has 0 spiro atoms. The van der Waals surface area contributed by atoms with Gasteiger partial charge in [-0.1, -0.05) is 41.9 Å². The van der Waals surface area contributed by atoms with Crippen molar-refractivity contribution in [3.63, 3.8) is 0 Å². The van der Waals surface area contributed by atoms with E-state index in [-0.39, 0.29) is 34.4 Å². The van der Waals surface area contributed by atoms with Crippen molar-refractivity contribution in [3.8, 4) is 0 Å². The van der Waals surface area contributed by atoms with Crippen molar-refractivity contribution in [3.05, 3.63) is 94.5 Å². The molecule has 0 fully saturated rings. The van der Waals surface area contributed by atoms with Crippen LogP contribution in [-0.2, 0) is 16.3 Å². The lowest BCUT2D eigenvalue weighted by atomic mass is 10.1. The third-order valence-corrected chi connectivity index (χ3v) is 7.60. The molecule has 2 N–H and O–H groups in total. The minimum Gasteiger partial charge on any atom is -0.465 e. The molecule has 3 aromatic rings. The zero-order valence-electron chi connectivity index (χ0n) is 19.8. The summed E-state index contributed by atoms with van der Waals surface area (Å²) in [5.41, 5.74) is 1.51. The first-order valence-corrected chi connectivity index (χ1v) is 12.9. The Labute approximate surface area is 215 Å². The third kappa shape index (κ3) is 6.63. The Morgan fingerprint density at radius 3 is 2.22 bits per heavy atom. The highest BCUT2D eigenvalue weighted by Gasteiger charge is 2.21. The number of carbonyl (C=O) groups excluding carboxylic acids is 1. The molecule has 0 heterocycles. The summed E-state index contributed by atoms with van der Waals surface area (Å²) in [6, 6.07) is 18.6. The van der Waals surface area contributed by atoms with Crippen molar-refractivity contribution in [2.75, 3.05) is 27.2 Å². The van der Waals surface area contributed by atoms with E-state index in [1.54, 1.807) is 56.6 Å². The van der Waals surface area contributed by atoms with Crippen LogP contribution in [0.5, 0.6) is 0 Å². The van der Waals surface area contributed by atoms with Crippen molar-refractivity contribution in [1.82, 2.24) is 9.80 Å². The van der Waals surface area contributed by atoms with E-state index in [9.17, 15) is 28.2 Å². The standard InChI is InChI=1S/C26H27ClN2O6S/c1-28(2)25(31)20-6-4-8-23(16-20)36(34,35)22-11-9-18(10-12-22)13-14-29(26(32)33)17-24(30)19-5-3-7-21(27)15-19/h3-12,15-16,24,30H,13-14,17H2,1-2H3,(H,32,33)/t24-/m1/s1. The number of aliphatic hydroxyl groups excluding tert-OH is 1. The second-order valence-electron chi connectivity index (χ2n) is 8.42. The van der Waals surface area contributed by atoms with Gasteiger partial charge < -0.3 is 20.0 Å². The summed E-state index contributed by atoms with van der Waals surface area (Å²) >= 11 is 5.95. The van der Waals surface area contributed by atoms with Gasteiger partial charge in [0.2, 0.25) is 9.84 Å². The maximum Gasteiger partial charge on any atom is 0.407 e. The molecule has 0 aromatic heterocycles. The number of carbonyl (C=O) groups is 2. The maximum absolute atomic E-state index is 13.1. The molecule has 1 atom stereocenters. The number of aliphatic hydroxyl groups is 1. The molecule has 190 valence electrons. The van der Waals surface area contributed by atoms with Crippen LogP contribution in [0.25, 0.3) is 0 Å². The Balaban J connectivity index is 1.70. The quantitative estimate of drug-likeness (QED) is 0.430. The molecule has 0 saturated heterocycles. The molecular weight excluding hydrogens is 504 g/mol. The van der Waals surface area contributed by atoms with E-state index in [1.165, 1.54) is 35.2 Å². The van der Waals surface area contributed by atoms with Crippen LogP contribution in [0.1, 0.15) is 27.6 Å². The second kappa shape index (κ2) is 11.6. The molecule has 0 aliphatic carbocycles. The summed E-state index contributed by atoms with van der Waals surface area (Å²) in [7, 11) is -0.673. The normalized spacial score (nSPS) is 12.1. The first-order chi connectivity index (χ1) is 17.0. The number of carboxylic acid groups (broad SMARTS) is 1. The van der Waals surface area contributed by atoms with Gasteiger partial charge in [-0.05, 0) is 60.0 Å². The van der Waals surface area contributed by atoms with Crippen LogP contribution in [0.3, 0.4) is 0 Å². The van der Waals surface area contributed by atoms with Gasteiger partial charge >= 0.3 is 6.09 Å². The molecule has 8 nitrogen and oxygen atoms in total. The number of rotatable bonds is 9. The van der Waals surface area contributed by atoms with Crippen molar-refractivity contribution in [2.45, 2.75) is 22.3 Å². The number of hydrogen-bond acceptors (Lipinski definition) is 5. The fraction of sp³-hybridized carbons (Fsp3) is 0.231. The Kier molecular flexibility index (Phi) is 8.73. The van der Waals surface area contributed by atoms with Crippen molar-refractivity contribution in [2.24, 2.45) is 0 Å². The Morgan fingerprint density at radius 2 is 1.61 bits per heavy atom. The lowest BCUT2D eigenvalue weighted by Gasteiger charge is -2.23. The van der Waals surface area contributed by atoms with Crippen LogP contribution in [0.4, 0.5) is 4.79 Å². The monoisotopic (exact) mass is 530 g/mol. The van der Waals surface area contributed by atoms with Gasteiger partial charge in [0.15, 0.2) is 0 Å². The van der Waals surface area contributed by atoms with Crippen LogP contribution in [-0.4, -0.2) is 67.6 Å². The van der Waals surface area contributed by atoms with Crippen LogP contribution in [0.2, 0.25) is 5.02 Å². The summed E-state index contributed by atoms with van der Waals surface area (Å²) in [6.07, 6.45) is -1.90. The number of halogens is 1. The maximum atomic E-state index is 13.1. The van der Waals surface area contributed by atoms with Gasteiger partial charge in [-0.25, -0.2) is 13.2 Å². The van der Waals surface area contributed by atoms with E-state index in [2.05, 4.69) is 0 Å². The average Bonchev–Trinajstić information content (AvgIpc) is 2.86. The van der Waals surface area contributed by atoms with Gasteiger partial charge in [0.25, 0.3) is 5.91 Å². The van der Waals surface area contributed by atoms with Gasteiger partial charge in [-0.2, -0.15) is 0 Å². The summed E-state index contributed by atoms with van der Waals surface area (Å²) in [5.74, 6) is -0.300. The summed E-state index contributed by atoms with van der Waals surface area (Å²) in [5, 5.41) is 20.4. The molecule has 2 amide bonds. The van der Waals surface area contributed by atoms with Crippen molar-refractivity contribution < 1.29 is 28.2 Å². The second-order valence-corrected chi connectivity index (χ2v) is 10.8. The topological polar surface area (TPSA) is 115 Å². The third-order valence-electron chi connectivity index (χ3n) is 5.60. The molecule has 0 radical (unpaired) electrons. The van der Waals surface area contributed by atoms with Crippen molar-refractivity contribution in [1.29, 1.82) is 0 Å². The van der Waals surface area contributed by atoms with E-state index in [0.717, 1.165) is 10.5 Å². The lowest BCUT2D eigenvalue weighted by Crippen LogP contribution is -2.35. The summed E-state index contributed by atoms with van der Waals surface area (Å²) in [4.78, 5) is 26.4. The Hall–Kier alpha value is -3.40. The van der Waals surface area contributed by atoms with Crippen LogP contribution < -0.4 is 0 Å². The number of benzene rings is 3. The molecule has 10 heteroatoms. The minimum absolute atomic E-state index is 0.00926. The van der Waals surface area contributed by atoms with E-state index < -0.39 is 22.0 Å². The predicted octanol–water partition coefficient (Wildman–Crippen LogP) is 4.13. The Bertz CT molecular complexity index is 1340. The summed E-state index contributed by atoms with van der Waals surface area (Å²) in [6.45, 7) is -0.0299. The first-order valence-electron chi connectivity index (χ1n) is 11.1. The molecule has 3 aromatic carbocycles. The van der Waals surface area contributed by atoms with Gasteiger partial charge in [-0.15, -0.1) is 0 Å². The average molecular weight is 531 g/mol. The molecular formula is C26H27ClN2O6S. The fourth-order valence-corrected chi connectivity index (χ4v) is 5.09. The first kappa shape index (κ1) is 27.2. The number of nitrogens with zero attached hydrogens (tertiary/aromatic N) is 2. The zero-order valence-corrected chi connectivity index (χ0v) is 21.4. The Morgan fingerprint density at radius 1 is 0.944 bits per heavy atom. The zero-order chi connectivity index (χ0) is 26.5. The highest BCUT2D eigenvalue weighted by Crippen LogP contribution is 2.23. The van der Waals surface area contributed by atoms with E-state index in [1.807, 2.05) is 0 Å². The van der Waals surface area contributed by atoms with Crippen LogP contribution in [0.15, 0.2) is 82.6 Å². The lowest BCUT2D eigenvalue weighted by molar-refractivity contribution is 0.0827. The van der Waals surface area contributed by atoms with E-state index >= 15 is 0 Å². The van der Waals surface area contributed by atoms with Gasteiger partial charge in [0, 0.05) is 31.2 Å². The van der Waals surface area contributed by atoms with Crippen LogP contribution in [0, 0.1) is 0 Å². The van der Waals surface area contributed by atoms with E-state index in [0.29, 0.717) is 17.0 Å². The predicted molar refractivity (Wildman–Crippen MR) is 136 cm³/mol. The van der Waals surface area contributed by atoms with Crippen LogP contribution >= 0.6 is 11.6 Å². The smallest absolute Gasteiger partial charge is 0.407 e. The van der Waals surface area contributed by atoms with Gasteiger partial charge in [0.1, 0.15) is 0 Å². The minimum atomic E-state index is -3.85. The highest BCUT2D eigenvalue weighted by molar-refractivity contribution is 7.91. The fourth-order valence-electron chi connectivity index (χ4n) is 3.58. The molecule has 0 bridgehead atoms. The molecule has 0 aliphatic heterocycles. The highest BCUT2D eigenvalue weighted by atomic mass is 35.5. The number of sulfone groups is 1. The summed E-state index contributed by atoms with van der Waals surface area (Å²) < 4.78 is 26.2. The molecule has 3 rings (SSSR count).